The Balaban J connectivity index is 2.72. The van der Waals surface area contributed by atoms with Gasteiger partial charge in [0, 0.05) is 7.05 Å². The number of hydrogen-bond donors (Lipinski definition) is 2. The van der Waals surface area contributed by atoms with Crippen LogP contribution in [-0.2, 0) is 7.05 Å². The molecule has 1 aromatic heterocycles. The summed E-state index contributed by atoms with van der Waals surface area (Å²) in [6.07, 6.45) is 0. The van der Waals surface area contributed by atoms with Crippen LogP contribution in [0.15, 0.2) is 35.1 Å². The molecule has 0 atom stereocenters. The molecule has 0 saturated carbocycles. The van der Waals surface area contributed by atoms with Crippen molar-refractivity contribution in [2.24, 2.45) is 7.05 Å². The second-order valence-corrected chi connectivity index (χ2v) is 3.55. The molecule has 0 fully saturated rings. The molecule has 2 rings (SSSR count). The van der Waals surface area contributed by atoms with E-state index in [1.165, 1.54) is 4.68 Å². The third kappa shape index (κ3) is 1.42. The molecule has 1 aromatic carbocycles. The fourth-order valence-electron chi connectivity index (χ4n) is 1.70. The minimum atomic E-state index is -0.270. The Kier molecular flexibility index (Phi) is 2.54. The molecule has 2 aromatic rings. The van der Waals surface area contributed by atoms with Gasteiger partial charge in [0.2, 0.25) is 0 Å². The van der Waals surface area contributed by atoms with Gasteiger partial charge < -0.3 is 0 Å². The number of rotatable bonds is 2. The average molecular weight is 219 g/mol. The van der Waals surface area contributed by atoms with Crippen molar-refractivity contribution >= 4 is 5.69 Å². The van der Waals surface area contributed by atoms with Crippen LogP contribution in [0, 0.1) is 6.92 Å². The number of nitrogens with one attached hydrogen (secondary N) is 1. The van der Waals surface area contributed by atoms with Crippen LogP contribution in [-0.4, -0.2) is 14.6 Å². The zero-order valence-corrected chi connectivity index (χ0v) is 9.14. The number of benzene rings is 1. The number of nitrogens with zero attached hydrogens (tertiary/aromatic N) is 2. The van der Waals surface area contributed by atoms with Gasteiger partial charge in [-0.05, 0) is 19.1 Å². The molecule has 0 radical (unpaired) electrons. The van der Waals surface area contributed by atoms with Crippen molar-refractivity contribution in [3.8, 4) is 5.69 Å². The quantitative estimate of drug-likeness (QED) is 0.748. The highest BCUT2D eigenvalue weighted by molar-refractivity contribution is 5.47. The van der Waals surface area contributed by atoms with Crippen LogP contribution in [0.5, 0.6) is 0 Å². The topological polar surface area (TPSA) is 59.2 Å². The van der Waals surface area contributed by atoms with E-state index in [4.69, 9.17) is 5.21 Å². The summed E-state index contributed by atoms with van der Waals surface area (Å²) in [4.78, 5) is 12.0. The molecule has 0 bridgehead atoms. The van der Waals surface area contributed by atoms with Crippen LogP contribution < -0.4 is 11.0 Å². The molecule has 84 valence electrons. The lowest BCUT2D eigenvalue weighted by molar-refractivity contribution is 0.387. The number of hydrogen-bond acceptors (Lipinski definition) is 3. The fraction of sp³-hybridized carbons (Fsp3) is 0.182. The minimum absolute atomic E-state index is 0.200. The molecule has 0 aliphatic heterocycles. The van der Waals surface area contributed by atoms with Crippen molar-refractivity contribution in [1.82, 2.24) is 9.36 Å². The highest BCUT2D eigenvalue weighted by Crippen LogP contribution is 2.12. The van der Waals surface area contributed by atoms with Crippen molar-refractivity contribution < 1.29 is 5.21 Å². The third-order valence-corrected chi connectivity index (χ3v) is 2.67. The van der Waals surface area contributed by atoms with Crippen LogP contribution in [0.4, 0.5) is 5.69 Å². The number of anilines is 1. The Morgan fingerprint density at radius 1 is 1.25 bits per heavy atom. The molecule has 0 spiro atoms. The molecular weight excluding hydrogens is 206 g/mol. The number of para-hydroxylation sites is 1. The van der Waals surface area contributed by atoms with Gasteiger partial charge in [0.15, 0.2) is 0 Å². The second-order valence-electron chi connectivity index (χ2n) is 3.55. The summed E-state index contributed by atoms with van der Waals surface area (Å²) in [5, 5.41) is 8.91. The van der Waals surface area contributed by atoms with E-state index in [-0.39, 0.29) is 11.2 Å². The van der Waals surface area contributed by atoms with Crippen LogP contribution in [0.1, 0.15) is 5.69 Å². The highest BCUT2D eigenvalue weighted by Gasteiger charge is 2.14. The van der Waals surface area contributed by atoms with Gasteiger partial charge in [-0.15, -0.1) is 0 Å². The van der Waals surface area contributed by atoms with Gasteiger partial charge in [-0.2, -0.15) is 0 Å². The molecule has 2 N–H and O–H groups in total. The predicted octanol–water partition coefficient (Wildman–Crippen LogP) is 1.29. The van der Waals surface area contributed by atoms with Crippen LogP contribution in [0.2, 0.25) is 0 Å². The minimum Gasteiger partial charge on any atom is -0.291 e. The Morgan fingerprint density at radius 2 is 1.88 bits per heavy atom. The van der Waals surface area contributed by atoms with E-state index < -0.39 is 0 Å². The molecule has 16 heavy (non-hydrogen) atoms. The van der Waals surface area contributed by atoms with Gasteiger partial charge in [0.1, 0.15) is 5.69 Å². The molecule has 1 heterocycles. The van der Waals surface area contributed by atoms with E-state index in [0.29, 0.717) is 5.69 Å². The van der Waals surface area contributed by atoms with Gasteiger partial charge in [0.25, 0.3) is 5.56 Å². The van der Waals surface area contributed by atoms with Crippen LogP contribution >= 0.6 is 0 Å². The van der Waals surface area contributed by atoms with E-state index >= 15 is 0 Å². The van der Waals surface area contributed by atoms with Gasteiger partial charge in [-0.3, -0.25) is 20.2 Å². The largest absolute Gasteiger partial charge is 0.297 e. The van der Waals surface area contributed by atoms with Crippen molar-refractivity contribution in [2.75, 3.05) is 5.48 Å². The standard InChI is InChI=1S/C11H13N3O2/c1-8-10(12-16)11(15)14(13(8)2)9-6-4-3-5-7-9/h3-7,12,16H,1-2H3. The van der Waals surface area contributed by atoms with E-state index in [2.05, 4.69) is 0 Å². The maximum Gasteiger partial charge on any atom is 0.297 e. The summed E-state index contributed by atoms with van der Waals surface area (Å²) in [5.41, 5.74) is 3.31. The lowest BCUT2D eigenvalue weighted by Crippen LogP contribution is -2.20. The molecule has 5 nitrogen and oxygen atoms in total. The first-order valence-electron chi connectivity index (χ1n) is 4.91. The Bertz CT molecular complexity index is 555. The van der Waals surface area contributed by atoms with Crippen molar-refractivity contribution in [2.45, 2.75) is 6.92 Å². The SMILES string of the molecule is Cc1c(NO)c(=O)n(-c2ccccc2)n1C. The third-order valence-electron chi connectivity index (χ3n) is 2.67. The lowest BCUT2D eigenvalue weighted by Gasteiger charge is -2.07. The monoisotopic (exact) mass is 219 g/mol. The molecule has 0 unspecified atom stereocenters. The average Bonchev–Trinajstić information content (AvgIpc) is 2.51. The normalized spacial score (nSPS) is 10.4. The summed E-state index contributed by atoms with van der Waals surface area (Å²) in [5.74, 6) is 0. The molecule has 0 aliphatic carbocycles. The molecule has 0 amide bonds. The van der Waals surface area contributed by atoms with Crippen molar-refractivity contribution in [3.05, 3.63) is 46.4 Å². The summed E-state index contributed by atoms with van der Waals surface area (Å²) in [7, 11) is 1.77. The van der Waals surface area contributed by atoms with E-state index in [1.54, 1.807) is 18.7 Å². The maximum absolute atomic E-state index is 12.0. The summed E-state index contributed by atoms with van der Waals surface area (Å²) in [6, 6.07) is 9.27. The van der Waals surface area contributed by atoms with Crippen LogP contribution in [0.25, 0.3) is 5.69 Å². The van der Waals surface area contributed by atoms with E-state index in [9.17, 15) is 4.79 Å². The molecular formula is C11H13N3O2. The lowest BCUT2D eigenvalue weighted by atomic mass is 10.3. The van der Waals surface area contributed by atoms with Gasteiger partial charge in [-0.1, -0.05) is 18.2 Å². The summed E-state index contributed by atoms with van der Waals surface area (Å²) in [6.45, 7) is 1.76. The van der Waals surface area contributed by atoms with Gasteiger partial charge >= 0.3 is 0 Å². The Hall–Kier alpha value is -2.01. The zero-order chi connectivity index (χ0) is 11.7. The van der Waals surface area contributed by atoms with Gasteiger partial charge in [-0.25, -0.2) is 4.68 Å². The van der Waals surface area contributed by atoms with E-state index in [1.807, 2.05) is 35.8 Å². The first kappa shape index (κ1) is 10.5. The van der Waals surface area contributed by atoms with Gasteiger partial charge in [0.05, 0.1) is 11.4 Å². The Morgan fingerprint density at radius 3 is 2.38 bits per heavy atom. The number of aromatic nitrogens is 2. The van der Waals surface area contributed by atoms with Crippen molar-refractivity contribution in [3.63, 3.8) is 0 Å². The second kappa shape index (κ2) is 3.86. The zero-order valence-electron chi connectivity index (χ0n) is 9.14. The molecule has 0 aliphatic rings. The maximum atomic E-state index is 12.0. The smallest absolute Gasteiger partial charge is 0.291 e. The first-order valence-corrected chi connectivity index (χ1v) is 4.91. The first-order chi connectivity index (χ1) is 7.66. The summed E-state index contributed by atoms with van der Waals surface area (Å²) >= 11 is 0. The predicted molar refractivity (Wildman–Crippen MR) is 61.2 cm³/mol. The van der Waals surface area contributed by atoms with Crippen LogP contribution in [0.3, 0.4) is 0 Å². The summed E-state index contributed by atoms with van der Waals surface area (Å²) < 4.78 is 3.18. The van der Waals surface area contributed by atoms with Crippen molar-refractivity contribution in [1.29, 1.82) is 0 Å². The highest BCUT2D eigenvalue weighted by atomic mass is 16.5. The molecule has 0 saturated heterocycles. The molecule has 5 heteroatoms. The Labute approximate surface area is 92.5 Å². The fourth-order valence-corrected chi connectivity index (χ4v) is 1.70. The van der Waals surface area contributed by atoms with E-state index in [0.717, 1.165) is 5.69 Å².